The van der Waals surface area contributed by atoms with Crippen LogP contribution in [0.25, 0.3) is 0 Å². The van der Waals surface area contributed by atoms with E-state index in [1.54, 1.807) is 6.92 Å². The lowest BCUT2D eigenvalue weighted by atomic mass is 9.96. The Hall–Kier alpha value is -2.73. The first kappa shape index (κ1) is 18.1. The predicted octanol–water partition coefficient (Wildman–Crippen LogP) is 4.67. The van der Waals surface area contributed by atoms with Crippen LogP contribution in [0.15, 0.2) is 48.5 Å². The van der Waals surface area contributed by atoms with Gasteiger partial charge in [-0.05, 0) is 42.2 Å². The molecule has 1 aliphatic rings. The molecule has 3 rings (SSSR count). The van der Waals surface area contributed by atoms with Gasteiger partial charge in [-0.15, -0.1) is 5.92 Å². The minimum atomic E-state index is -0.255. The second kappa shape index (κ2) is 8.10. The number of carbonyl (C=O) groups is 1. The molecule has 3 atom stereocenters. The molecule has 0 radical (unpaired) electrons. The molecule has 0 N–H and O–H groups in total. The van der Waals surface area contributed by atoms with E-state index in [4.69, 9.17) is 9.47 Å². The second-order valence-electron chi connectivity index (χ2n) is 6.71. The van der Waals surface area contributed by atoms with Crippen molar-refractivity contribution in [1.29, 1.82) is 0 Å². The third-order valence-corrected chi connectivity index (χ3v) is 4.88. The molecule has 3 heteroatoms. The summed E-state index contributed by atoms with van der Waals surface area (Å²) in [4.78, 5) is 11.6. The van der Waals surface area contributed by atoms with Gasteiger partial charge >= 0.3 is 5.97 Å². The highest BCUT2D eigenvalue weighted by molar-refractivity contribution is 5.71. The van der Waals surface area contributed by atoms with E-state index in [1.807, 2.05) is 24.3 Å². The summed E-state index contributed by atoms with van der Waals surface area (Å²) in [5.74, 6) is 6.85. The van der Waals surface area contributed by atoms with E-state index >= 15 is 0 Å². The van der Waals surface area contributed by atoms with E-state index in [0.717, 1.165) is 17.7 Å². The van der Waals surface area contributed by atoms with Crippen LogP contribution in [0.1, 0.15) is 49.0 Å². The topological polar surface area (TPSA) is 35.5 Å². The van der Waals surface area contributed by atoms with Crippen LogP contribution in [0.3, 0.4) is 0 Å². The zero-order valence-corrected chi connectivity index (χ0v) is 15.5. The number of rotatable bonds is 5. The predicted molar refractivity (Wildman–Crippen MR) is 102 cm³/mol. The smallest absolute Gasteiger partial charge is 0.307 e. The van der Waals surface area contributed by atoms with Crippen LogP contribution in [0, 0.1) is 17.8 Å². The van der Waals surface area contributed by atoms with Crippen LogP contribution in [-0.2, 0) is 16.0 Å². The molecule has 1 aliphatic carbocycles. The summed E-state index contributed by atoms with van der Waals surface area (Å²) < 4.78 is 11.1. The third-order valence-electron chi connectivity index (χ3n) is 4.88. The highest BCUT2D eigenvalue weighted by Crippen LogP contribution is 2.39. The van der Waals surface area contributed by atoms with Gasteiger partial charge in [0.15, 0.2) is 0 Å². The van der Waals surface area contributed by atoms with Gasteiger partial charge in [0.2, 0.25) is 0 Å². The molecule has 0 aliphatic heterocycles. The van der Waals surface area contributed by atoms with E-state index in [-0.39, 0.29) is 24.4 Å². The van der Waals surface area contributed by atoms with E-state index in [1.165, 1.54) is 18.2 Å². The van der Waals surface area contributed by atoms with Gasteiger partial charge in [-0.2, -0.15) is 0 Å². The molecule has 0 amide bonds. The van der Waals surface area contributed by atoms with Crippen LogP contribution in [-0.4, -0.2) is 13.1 Å². The van der Waals surface area contributed by atoms with Gasteiger partial charge in [0.05, 0.1) is 19.4 Å². The average molecular weight is 348 g/mol. The standard InChI is InChI=1S/C23H24O3/c1-4-7-18(15-22(24)25-3)17-10-12-20(13-11-17)26-23-16(2)14-19-8-5-6-9-21(19)23/h5-6,8-13,16,18,23H,14-15H2,1-3H3/t16?,18-,23?/m0/s1. The fourth-order valence-corrected chi connectivity index (χ4v) is 3.54. The lowest BCUT2D eigenvalue weighted by Gasteiger charge is -2.20. The number of methoxy groups -OCH3 is 1. The molecule has 134 valence electrons. The fraction of sp³-hybridized carbons (Fsp3) is 0.348. The number of fused-ring (bicyclic) bond motifs is 1. The van der Waals surface area contributed by atoms with Crippen molar-refractivity contribution in [2.45, 2.75) is 38.7 Å². The Morgan fingerprint density at radius 2 is 1.92 bits per heavy atom. The Balaban J connectivity index is 1.75. The van der Waals surface area contributed by atoms with Gasteiger partial charge < -0.3 is 9.47 Å². The maximum atomic E-state index is 11.6. The molecule has 2 unspecified atom stereocenters. The number of ether oxygens (including phenoxy) is 2. The minimum absolute atomic E-state index is 0.0818. The van der Waals surface area contributed by atoms with Gasteiger partial charge in [0.1, 0.15) is 11.9 Å². The summed E-state index contributed by atoms with van der Waals surface area (Å²) in [5.41, 5.74) is 3.65. The first-order valence-corrected chi connectivity index (χ1v) is 8.96. The molecule has 0 aromatic heterocycles. The SMILES string of the molecule is CC#C[C@@H](CC(=O)OC)c1ccc(OC2c3ccccc3CC2C)cc1. The van der Waals surface area contributed by atoms with E-state index in [0.29, 0.717) is 5.92 Å². The summed E-state index contributed by atoms with van der Waals surface area (Å²) in [7, 11) is 1.40. The number of carbonyl (C=O) groups excluding carboxylic acids is 1. The van der Waals surface area contributed by atoms with Crippen LogP contribution < -0.4 is 4.74 Å². The molecular weight excluding hydrogens is 324 g/mol. The highest BCUT2D eigenvalue weighted by Gasteiger charge is 2.30. The molecular formula is C23H24O3. The maximum absolute atomic E-state index is 11.6. The summed E-state index contributed by atoms with van der Waals surface area (Å²) in [6.45, 7) is 4.00. The van der Waals surface area contributed by atoms with Gasteiger partial charge in [-0.1, -0.05) is 49.2 Å². The Morgan fingerprint density at radius 3 is 2.62 bits per heavy atom. The Kier molecular flexibility index (Phi) is 5.63. The van der Waals surface area contributed by atoms with Crippen molar-refractivity contribution in [2.75, 3.05) is 7.11 Å². The molecule has 0 fully saturated rings. The summed E-state index contributed by atoms with van der Waals surface area (Å²) >= 11 is 0. The van der Waals surface area contributed by atoms with Crippen molar-refractivity contribution >= 4 is 5.97 Å². The number of benzene rings is 2. The average Bonchev–Trinajstić information content (AvgIpc) is 2.97. The fourth-order valence-electron chi connectivity index (χ4n) is 3.54. The third kappa shape index (κ3) is 3.91. The quantitative estimate of drug-likeness (QED) is 0.582. The van der Waals surface area contributed by atoms with Gasteiger partial charge in [-0.3, -0.25) is 4.79 Å². The molecule has 3 nitrogen and oxygen atoms in total. The zero-order valence-electron chi connectivity index (χ0n) is 15.5. The molecule has 0 spiro atoms. The largest absolute Gasteiger partial charge is 0.485 e. The molecule has 0 heterocycles. The maximum Gasteiger partial charge on any atom is 0.307 e. The van der Waals surface area contributed by atoms with Crippen molar-refractivity contribution in [3.63, 3.8) is 0 Å². The summed E-state index contributed by atoms with van der Waals surface area (Å²) in [5, 5.41) is 0. The highest BCUT2D eigenvalue weighted by atomic mass is 16.5. The summed E-state index contributed by atoms with van der Waals surface area (Å²) in [6, 6.07) is 16.4. The molecule has 2 aromatic carbocycles. The van der Waals surface area contributed by atoms with E-state index in [9.17, 15) is 4.79 Å². The Bertz CT molecular complexity index is 827. The van der Waals surface area contributed by atoms with Crippen molar-refractivity contribution in [2.24, 2.45) is 5.92 Å². The van der Waals surface area contributed by atoms with Crippen LogP contribution in [0.2, 0.25) is 0 Å². The molecule has 0 saturated carbocycles. The lowest BCUT2D eigenvalue weighted by molar-refractivity contribution is -0.140. The second-order valence-corrected chi connectivity index (χ2v) is 6.71. The number of hydrogen-bond donors (Lipinski definition) is 0. The van der Waals surface area contributed by atoms with Crippen LogP contribution >= 0.6 is 0 Å². The Morgan fingerprint density at radius 1 is 1.19 bits per heavy atom. The van der Waals surface area contributed by atoms with Gasteiger partial charge in [0.25, 0.3) is 0 Å². The van der Waals surface area contributed by atoms with Crippen LogP contribution in [0.4, 0.5) is 0 Å². The molecule has 0 bridgehead atoms. The van der Waals surface area contributed by atoms with Crippen LogP contribution in [0.5, 0.6) is 5.75 Å². The van der Waals surface area contributed by atoms with E-state index < -0.39 is 0 Å². The molecule has 26 heavy (non-hydrogen) atoms. The monoisotopic (exact) mass is 348 g/mol. The van der Waals surface area contributed by atoms with Gasteiger partial charge in [0, 0.05) is 5.92 Å². The zero-order chi connectivity index (χ0) is 18.5. The Labute approximate surface area is 155 Å². The van der Waals surface area contributed by atoms with Crippen molar-refractivity contribution in [3.05, 3.63) is 65.2 Å². The molecule has 0 saturated heterocycles. The number of esters is 1. The van der Waals surface area contributed by atoms with Crippen molar-refractivity contribution in [1.82, 2.24) is 0 Å². The lowest BCUT2D eigenvalue weighted by Crippen LogP contribution is -2.11. The first-order chi connectivity index (χ1) is 12.6. The number of hydrogen-bond acceptors (Lipinski definition) is 3. The van der Waals surface area contributed by atoms with Crippen molar-refractivity contribution < 1.29 is 14.3 Å². The normalized spacial score (nSPS) is 19.0. The van der Waals surface area contributed by atoms with Gasteiger partial charge in [-0.25, -0.2) is 0 Å². The first-order valence-electron chi connectivity index (χ1n) is 8.96. The van der Waals surface area contributed by atoms with Crippen molar-refractivity contribution in [3.8, 4) is 17.6 Å². The minimum Gasteiger partial charge on any atom is -0.485 e. The van der Waals surface area contributed by atoms with E-state index in [2.05, 4.69) is 43.0 Å². The summed E-state index contributed by atoms with van der Waals surface area (Å²) in [6.07, 6.45) is 1.38. The molecule has 2 aromatic rings.